The lowest BCUT2D eigenvalue weighted by molar-refractivity contribution is -0.122. The van der Waals surface area contributed by atoms with Crippen LogP contribution < -0.4 is 25.4 Å². The minimum atomic E-state index is -0.805. The molecule has 12 nitrogen and oxygen atoms in total. The smallest absolute Gasteiger partial charge is 0.242 e. The summed E-state index contributed by atoms with van der Waals surface area (Å²) in [6.07, 6.45) is 2.23. The zero-order valence-electron chi connectivity index (χ0n) is 28.2. The Balaban J connectivity index is 1.42. The Hall–Kier alpha value is -5.19. The highest BCUT2D eigenvalue weighted by atomic mass is 32.1. The van der Waals surface area contributed by atoms with Gasteiger partial charge >= 0.3 is 0 Å². The van der Waals surface area contributed by atoms with Gasteiger partial charge in [0.25, 0.3) is 0 Å². The molecule has 13 heteroatoms. The summed E-state index contributed by atoms with van der Waals surface area (Å²) >= 11 is 5.43. The van der Waals surface area contributed by atoms with E-state index >= 15 is 0 Å². The fourth-order valence-corrected chi connectivity index (χ4v) is 7.90. The number of piperazine rings is 1. The van der Waals surface area contributed by atoms with Crippen LogP contribution in [0.5, 0.6) is 28.7 Å². The number of likely N-dealkylation sites (N-methyl/N-ethyl adjacent to an activating group) is 1. The first-order chi connectivity index (χ1) is 23.4. The van der Waals surface area contributed by atoms with Crippen molar-refractivity contribution in [1.82, 2.24) is 20.4 Å². The number of amides is 1. The number of phenolic OH excluding ortho intramolecular Hbond substituents is 3. The molecule has 3 aliphatic heterocycles. The third kappa shape index (κ3) is 5.50. The number of aryl methyl sites for hydroxylation is 1. The summed E-state index contributed by atoms with van der Waals surface area (Å²) in [5, 5.41) is 54.8. The first kappa shape index (κ1) is 33.7. The van der Waals surface area contributed by atoms with Crippen molar-refractivity contribution in [3.8, 4) is 34.8 Å². The molecule has 256 valence electrons. The summed E-state index contributed by atoms with van der Waals surface area (Å²) in [6, 6.07) is 10.7. The average molecular weight is 685 g/mol. The number of para-hydroxylation sites is 1. The van der Waals surface area contributed by atoms with Gasteiger partial charge < -0.3 is 45.6 Å². The maximum Gasteiger partial charge on any atom is 0.242 e. The molecule has 0 saturated carbocycles. The number of benzene rings is 3. The first-order valence-corrected chi connectivity index (χ1v) is 16.4. The van der Waals surface area contributed by atoms with Gasteiger partial charge in [-0.15, -0.1) is 0 Å². The molecule has 0 spiro atoms. The summed E-state index contributed by atoms with van der Waals surface area (Å²) in [7, 11) is 4.83. The van der Waals surface area contributed by atoms with Crippen LogP contribution >= 0.6 is 12.2 Å². The predicted octanol–water partition coefficient (Wildman–Crippen LogP) is 4.13. The fourth-order valence-electron chi connectivity index (χ4n) is 7.60. The highest BCUT2D eigenvalue weighted by Gasteiger charge is 2.53. The lowest BCUT2D eigenvalue weighted by Crippen LogP contribution is -2.62. The van der Waals surface area contributed by atoms with Gasteiger partial charge in [0, 0.05) is 46.2 Å². The number of phenols is 3. The Morgan fingerprint density at radius 2 is 1.76 bits per heavy atom. The zero-order chi connectivity index (χ0) is 35.3. The number of nitrogens with zero attached hydrogens (tertiary/aromatic N) is 3. The number of fused-ring (bicyclic) bond motifs is 7. The minimum Gasteiger partial charge on any atom is -0.507 e. The van der Waals surface area contributed by atoms with E-state index in [1.807, 2.05) is 55.3 Å². The number of thiocarbonyl (C=S) groups is 1. The van der Waals surface area contributed by atoms with Crippen molar-refractivity contribution in [2.75, 3.05) is 33.1 Å². The number of nitrogens with one attached hydrogen (secondary N) is 3. The topological polar surface area (TPSA) is 163 Å². The second-order valence-corrected chi connectivity index (χ2v) is 13.1. The van der Waals surface area contributed by atoms with E-state index in [-0.39, 0.29) is 46.6 Å². The van der Waals surface area contributed by atoms with E-state index in [0.717, 1.165) is 16.8 Å². The molecule has 1 unspecified atom stereocenters. The van der Waals surface area contributed by atoms with Crippen LogP contribution in [-0.4, -0.2) is 82.1 Å². The number of carbonyl (C=O) groups is 1. The van der Waals surface area contributed by atoms with E-state index in [1.54, 1.807) is 19.9 Å². The molecule has 0 aliphatic carbocycles. The van der Waals surface area contributed by atoms with E-state index in [2.05, 4.69) is 26.9 Å². The van der Waals surface area contributed by atoms with Crippen LogP contribution in [0.3, 0.4) is 0 Å². The van der Waals surface area contributed by atoms with Crippen molar-refractivity contribution in [2.45, 2.75) is 57.4 Å². The number of aromatic hydroxyl groups is 3. The molecule has 1 fully saturated rings. The second-order valence-electron chi connectivity index (χ2n) is 12.7. The van der Waals surface area contributed by atoms with Gasteiger partial charge in [-0.3, -0.25) is 9.69 Å². The molecule has 0 radical (unpaired) electrons. The Labute approximate surface area is 290 Å². The van der Waals surface area contributed by atoms with Crippen LogP contribution in [0.2, 0.25) is 0 Å². The highest BCUT2D eigenvalue weighted by Crippen LogP contribution is 2.58. The number of methoxy groups -OCH3 is 2. The molecule has 6 N–H and O–H groups in total. The average Bonchev–Trinajstić information content (AvgIpc) is 3.07. The Kier molecular flexibility index (Phi) is 8.96. The standard InChI is InChI=1S/C36H40N6O6S/c1-17-12-20-13-23-25(15-37)42-24(29(41(23)4)27(20)31(44)33(17)47-5)14-22-28(32(45)34(48-6)18(2)30(22)43)26(42)16-38-35(46)19(3)39-36(49)40-21-10-8-7-9-11-21/h7-12,14,19,23,25-26,29,43-45H,13,16H2,1-6H3,(H,38,46)(H2,39,40,49)/t19-,23-,25-,26-,29?/m0/s1. The van der Waals surface area contributed by atoms with Gasteiger partial charge in [-0.2, -0.15) is 5.26 Å². The SMILES string of the molecule is COc1c(C)cc2c(c1O)C1C3=Cc4c(O)c(C)c(OC)c(O)c4[C@H](CNC(=O)[C@H](C)NC(=S)Nc4ccccc4)N3[C@@H](C#N)[C@H](C2)N1C. The van der Waals surface area contributed by atoms with Crippen molar-refractivity contribution in [2.24, 2.45) is 0 Å². The van der Waals surface area contributed by atoms with E-state index in [4.69, 9.17) is 21.7 Å². The predicted molar refractivity (Wildman–Crippen MR) is 189 cm³/mol. The van der Waals surface area contributed by atoms with Gasteiger partial charge in [0.15, 0.2) is 28.1 Å². The molecule has 1 saturated heterocycles. The fraction of sp³-hybridized carbons (Fsp3) is 0.361. The van der Waals surface area contributed by atoms with Crippen molar-refractivity contribution >= 4 is 35.0 Å². The molecule has 3 aromatic carbocycles. The number of nitriles is 1. The second kappa shape index (κ2) is 13.0. The van der Waals surface area contributed by atoms with Crippen molar-refractivity contribution < 1.29 is 29.6 Å². The van der Waals surface area contributed by atoms with Crippen LogP contribution in [0.1, 0.15) is 52.4 Å². The van der Waals surface area contributed by atoms with E-state index in [0.29, 0.717) is 40.1 Å². The summed E-state index contributed by atoms with van der Waals surface area (Å²) in [4.78, 5) is 17.5. The number of hydrogen-bond donors (Lipinski definition) is 6. The Bertz CT molecular complexity index is 1910. The maximum absolute atomic E-state index is 13.5. The van der Waals surface area contributed by atoms with E-state index in [1.165, 1.54) is 14.2 Å². The highest BCUT2D eigenvalue weighted by molar-refractivity contribution is 7.80. The summed E-state index contributed by atoms with van der Waals surface area (Å²) in [6.45, 7) is 5.15. The van der Waals surface area contributed by atoms with E-state index in [9.17, 15) is 25.4 Å². The minimum absolute atomic E-state index is 0.0117. The van der Waals surface area contributed by atoms with Gasteiger partial charge in [0.05, 0.1) is 32.4 Å². The van der Waals surface area contributed by atoms with Crippen molar-refractivity contribution in [1.29, 1.82) is 5.26 Å². The van der Waals surface area contributed by atoms with Crippen LogP contribution in [0, 0.1) is 25.2 Å². The molecule has 2 bridgehead atoms. The zero-order valence-corrected chi connectivity index (χ0v) is 29.0. The summed E-state index contributed by atoms with van der Waals surface area (Å²) < 4.78 is 11.1. The van der Waals surface area contributed by atoms with Crippen LogP contribution in [0.4, 0.5) is 5.69 Å². The maximum atomic E-state index is 13.5. The third-order valence-electron chi connectivity index (χ3n) is 9.90. The molecule has 0 aromatic heterocycles. The summed E-state index contributed by atoms with van der Waals surface area (Å²) in [5.41, 5.74) is 4.72. The molecule has 3 aromatic rings. The Morgan fingerprint density at radius 1 is 1.08 bits per heavy atom. The third-order valence-corrected chi connectivity index (χ3v) is 10.1. The number of rotatable bonds is 7. The monoisotopic (exact) mass is 684 g/mol. The molecule has 5 atom stereocenters. The van der Waals surface area contributed by atoms with Gasteiger partial charge in [-0.25, -0.2) is 0 Å². The lowest BCUT2D eigenvalue weighted by atomic mass is 9.75. The molecular weight excluding hydrogens is 644 g/mol. The lowest BCUT2D eigenvalue weighted by Gasteiger charge is -2.57. The quantitative estimate of drug-likeness (QED) is 0.156. The van der Waals surface area contributed by atoms with Gasteiger partial charge in [0.1, 0.15) is 17.8 Å². The van der Waals surface area contributed by atoms with Gasteiger partial charge in [-0.05, 0) is 75.8 Å². The molecule has 3 aliphatic rings. The van der Waals surface area contributed by atoms with Gasteiger partial charge in [0.2, 0.25) is 5.91 Å². The van der Waals surface area contributed by atoms with Crippen molar-refractivity contribution in [3.05, 3.63) is 75.5 Å². The largest absolute Gasteiger partial charge is 0.507 e. The molecular formula is C36H40N6O6S. The molecule has 6 rings (SSSR count). The number of hydrogen-bond acceptors (Lipinski definition) is 10. The number of carbonyl (C=O) groups excluding carboxylic acids is 1. The van der Waals surface area contributed by atoms with Gasteiger partial charge in [-0.1, -0.05) is 24.3 Å². The number of ether oxygens (including phenoxy) is 2. The Morgan fingerprint density at radius 3 is 2.41 bits per heavy atom. The molecule has 49 heavy (non-hydrogen) atoms. The summed E-state index contributed by atoms with van der Waals surface area (Å²) in [5.74, 6) is -0.185. The first-order valence-electron chi connectivity index (χ1n) is 16.0. The molecule has 3 heterocycles. The van der Waals surface area contributed by atoms with Crippen LogP contribution in [0.25, 0.3) is 6.08 Å². The van der Waals surface area contributed by atoms with E-state index < -0.39 is 24.2 Å². The number of anilines is 1. The normalized spacial score (nSPS) is 21.2. The van der Waals surface area contributed by atoms with Crippen LogP contribution in [-0.2, 0) is 11.2 Å². The van der Waals surface area contributed by atoms with Crippen molar-refractivity contribution in [3.63, 3.8) is 0 Å². The van der Waals surface area contributed by atoms with Crippen LogP contribution in [0.15, 0.2) is 42.1 Å². The molecule has 1 amide bonds.